The van der Waals surface area contributed by atoms with E-state index in [9.17, 15) is 0 Å². The SMILES string of the molecule is C=Cn1cc(CNc2cccc(OCC(C)C)c2)cn1. The van der Waals surface area contributed by atoms with Crippen molar-refractivity contribution in [2.45, 2.75) is 20.4 Å². The third kappa shape index (κ3) is 4.16. The van der Waals surface area contributed by atoms with Gasteiger partial charge in [0, 0.05) is 36.3 Å². The lowest BCUT2D eigenvalue weighted by Crippen LogP contribution is -2.05. The van der Waals surface area contributed by atoms with Crippen LogP contribution in [0, 0.1) is 5.92 Å². The number of ether oxygens (including phenoxy) is 1. The second kappa shape index (κ2) is 6.80. The maximum Gasteiger partial charge on any atom is 0.121 e. The predicted molar refractivity (Wildman–Crippen MR) is 82.7 cm³/mol. The minimum absolute atomic E-state index is 0.524. The molecule has 1 heterocycles. The highest BCUT2D eigenvalue weighted by atomic mass is 16.5. The van der Waals surface area contributed by atoms with Gasteiger partial charge in [0.05, 0.1) is 12.8 Å². The molecule has 0 bridgehead atoms. The summed E-state index contributed by atoms with van der Waals surface area (Å²) in [5, 5.41) is 7.51. The number of nitrogens with one attached hydrogen (secondary N) is 1. The maximum atomic E-state index is 5.71. The van der Waals surface area contributed by atoms with E-state index >= 15 is 0 Å². The fraction of sp³-hybridized carbons (Fsp3) is 0.312. The summed E-state index contributed by atoms with van der Waals surface area (Å²) in [4.78, 5) is 0. The molecule has 0 aliphatic heterocycles. The van der Waals surface area contributed by atoms with Crippen molar-refractivity contribution in [2.24, 2.45) is 5.92 Å². The van der Waals surface area contributed by atoms with Crippen molar-refractivity contribution in [2.75, 3.05) is 11.9 Å². The molecule has 0 aliphatic carbocycles. The third-order valence-electron chi connectivity index (χ3n) is 2.76. The summed E-state index contributed by atoms with van der Waals surface area (Å²) >= 11 is 0. The normalized spacial score (nSPS) is 10.6. The summed E-state index contributed by atoms with van der Waals surface area (Å²) in [7, 11) is 0. The lowest BCUT2D eigenvalue weighted by atomic mass is 10.2. The number of aromatic nitrogens is 2. The minimum atomic E-state index is 0.524. The van der Waals surface area contributed by atoms with Crippen LogP contribution in [0.15, 0.2) is 43.2 Å². The zero-order chi connectivity index (χ0) is 14.4. The Morgan fingerprint density at radius 2 is 2.30 bits per heavy atom. The summed E-state index contributed by atoms with van der Waals surface area (Å²) < 4.78 is 7.41. The molecule has 0 atom stereocenters. The van der Waals surface area contributed by atoms with Gasteiger partial charge in [-0.1, -0.05) is 26.5 Å². The van der Waals surface area contributed by atoms with Gasteiger partial charge in [-0.15, -0.1) is 0 Å². The maximum absolute atomic E-state index is 5.71. The van der Waals surface area contributed by atoms with Crippen LogP contribution in [0.2, 0.25) is 0 Å². The molecular formula is C16H21N3O. The molecule has 106 valence electrons. The zero-order valence-corrected chi connectivity index (χ0v) is 12.0. The lowest BCUT2D eigenvalue weighted by Gasteiger charge is -2.10. The number of anilines is 1. The van der Waals surface area contributed by atoms with Crippen molar-refractivity contribution in [3.8, 4) is 5.75 Å². The van der Waals surface area contributed by atoms with Crippen LogP contribution < -0.4 is 10.1 Å². The van der Waals surface area contributed by atoms with Crippen molar-refractivity contribution in [3.63, 3.8) is 0 Å². The van der Waals surface area contributed by atoms with Gasteiger partial charge < -0.3 is 10.1 Å². The quantitative estimate of drug-likeness (QED) is 0.835. The Morgan fingerprint density at radius 1 is 1.45 bits per heavy atom. The van der Waals surface area contributed by atoms with E-state index in [1.54, 1.807) is 10.9 Å². The number of hydrogen-bond donors (Lipinski definition) is 1. The average Bonchev–Trinajstić information content (AvgIpc) is 2.91. The number of rotatable bonds is 7. The van der Waals surface area contributed by atoms with E-state index in [-0.39, 0.29) is 0 Å². The van der Waals surface area contributed by atoms with Crippen LogP contribution in [-0.4, -0.2) is 16.4 Å². The Balaban J connectivity index is 1.92. The van der Waals surface area contributed by atoms with E-state index < -0.39 is 0 Å². The largest absolute Gasteiger partial charge is 0.493 e. The van der Waals surface area contributed by atoms with Crippen molar-refractivity contribution in [1.29, 1.82) is 0 Å². The number of nitrogens with zero attached hydrogens (tertiary/aromatic N) is 2. The molecule has 0 fully saturated rings. The third-order valence-corrected chi connectivity index (χ3v) is 2.76. The van der Waals surface area contributed by atoms with Gasteiger partial charge in [0.25, 0.3) is 0 Å². The van der Waals surface area contributed by atoms with Crippen molar-refractivity contribution >= 4 is 11.9 Å². The fourth-order valence-corrected chi connectivity index (χ4v) is 1.73. The second-order valence-corrected chi connectivity index (χ2v) is 5.10. The first-order valence-electron chi connectivity index (χ1n) is 6.79. The summed E-state index contributed by atoms with van der Waals surface area (Å²) in [6.07, 6.45) is 5.44. The van der Waals surface area contributed by atoms with E-state index in [0.29, 0.717) is 5.92 Å². The predicted octanol–water partition coefficient (Wildman–Crippen LogP) is 3.63. The molecule has 4 heteroatoms. The van der Waals surface area contributed by atoms with Crippen LogP contribution >= 0.6 is 0 Å². The Morgan fingerprint density at radius 3 is 3.00 bits per heavy atom. The van der Waals surface area contributed by atoms with E-state index in [4.69, 9.17) is 4.74 Å². The minimum Gasteiger partial charge on any atom is -0.493 e. The van der Waals surface area contributed by atoms with Crippen LogP contribution in [0.5, 0.6) is 5.75 Å². The highest BCUT2D eigenvalue weighted by Gasteiger charge is 2.00. The molecule has 2 aromatic rings. The lowest BCUT2D eigenvalue weighted by molar-refractivity contribution is 0.271. The monoisotopic (exact) mass is 271 g/mol. The molecule has 0 spiro atoms. The topological polar surface area (TPSA) is 39.1 Å². The van der Waals surface area contributed by atoms with E-state index in [0.717, 1.165) is 30.2 Å². The van der Waals surface area contributed by atoms with Crippen LogP contribution in [0.4, 0.5) is 5.69 Å². The van der Waals surface area contributed by atoms with Crippen molar-refractivity contribution in [1.82, 2.24) is 9.78 Å². The molecule has 1 aromatic heterocycles. The van der Waals surface area contributed by atoms with Gasteiger partial charge in [-0.2, -0.15) is 5.10 Å². The van der Waals surface area contributed by atoms with Crippen LogP contribution in [-0.2, 0) is 6.54 Å². The Bertz CT molecular complexity index is 560. The van der Waals surface area contributed by atoms with Gasteiger partial charge in [0.15, 0.2) is 0 Å². The molecule has 2 rings (SSSR count). The smallest absolute Gasteiger partial charge is 0.121 e. The first-order chi connectivity index (χ1) is 9.67. The Labute approximate surface area is 120 Å². The summed E-state index contributed by atoms with van der Waals surface area (Å²) in [5.74, 6) is 1.42. The van der Waals surface area contributed by atoms with Gasteiger partial charge in [-0.05, 0) is 18.1 Å². The molecule has 4 nitrogen and oxygen atoms in total. The van der Waals surface area contributed by atoms with Gasteiger partial charge in [-0.25, -0.2) is 4.68 Å². The standard InChI is InChI=1S/C16H21N3O/c1-4-19-11-14(10-18-19)9-17-15-6-5-7-16(8-15)20-12-13(2)3/h4-8,10-11,13,17H,1,9,12H2,2-3H3. The van der Waals surface area contributed by atoms with Crippen LogP contribution in [0.3, 0.4) is 0 Å². The first kappa shape index (κ1) is 14.2. The van der Waals surface area contributed by atoms with Crippen molar-refractivity contribution < 1.29 is 4.74 Å². The van der Waals surface area contributed by atoms with Gasteiger partial charge in [0.2, 0.25) is 0 Å². The van der Waals surface area contributed by atoms with Crippen LogP contribution in [0.25, 0.3) is 6.20 Å². The zero-order valence-electron chi connectivity index (χ0n) is 12.0. The molecule has 20 heavy (non-hydrogen) atoms. The number of hydrogen-bond acceptors (Lipinski definition) is 3. The second-order valence-electron chi connectivity index (χ2n) is 5.10. The highest BCUT2D eigenvalue weighted by Crippen LogP contribution is 2.18. The molecule has 1 N–H and O–H groups in total. The van der Waals surface area contributed by atoms with E-state index in [1.165, 1.54) is 0 Å². The number of benzene rings is 1. The molecule has 0 amide bonds. The van der Waals surface area contributed by atoms with E-state index in [2.05, 4.69) is 30.8 Å². The summed E-state index contributed by atoms with van der Waals surface area (Å²) in [6.45, 7) is 9.40. The van der Waals surface area contributed by atoms with Gasteiger partial charge in [0.1, 0.15) is 5.75 Å². The molecule has 0 saturated heterocycles. The Hall–Kier alpha value is -2.23. The first-order valence-corrected chi connectivity index (χ1v) is 6.79. The fourth-order valence-electron chi connectivity index (χ4n) is 1.73. The molecular weight excluding hydrogens is 250 g/mol. The van der Waals surface area contributed by atoms with E-state index in [1.807, 2.05) is 36.7 Å². The van der Waals surface area contributed by atoms with Crippen LogP contribution in [0.1, 0.15) is 19.4 Å². The van der Waals surface area contributed by atoms with Crippen molar-refractivity contribution in [3.05, 3.63) is 48.8 Å². The molecule has 0 radical (unpaired) electrons. The average molecular weight is 271 g/mol. The molecule has 0 saturated carbocycles. The van der Waals surface area contributed by atoms with Gasteiger partial charge >= 0.3 is 0 Å². The highest BCUT2D eigenvalue weighted by molar-refractivity contribution is 5.48. The molecule has 0 unspecified atom stereocenters. The Kier molecular flexibility index (Phi) is 4.82. The van der Waals surface area contributed by atoms with Gasteiger partial charge in [-0.3, -0.25) is 0 Å². The molecule has 1 aromatic carbocycles. The summed E-state index contributed by atoms with van der Waals surface area (Å²) in [6, 6.07) is 8.01. The molecule has 0 aliphatic rings. The summed E-state index contributed by atoms with van der Waals surface area (Å²) in [5.41, 5.74) is 2.15.